The standard InChI is InChI=1S/C20H27N5O6S/c1-14(26)32-13-18(27)21-19-12-25(22-31-19)24-7-5-23(6-8-24)11-15-9-16(28-2)20(30-4)17(10-15)29-3/h9-10,12H,5-8,11,13H2,1-4H3. The van der Waals surface area contributed by atoms with Crippen molar-refractivity contribution >= 4 is 28.7 Å². The Morgan fingerprint density at radius 1 is 1.19 bits per heavy atom. The lowest BCUT2D eigenvalue weighted by molar-refractivity contribution is -0.759. The van der Waals surface area contributed by atoms with Gasteiger partial charge in [0, 0.05) is 32.3 Å². The van der Waals surface area contributed by atoms with Crippen LogP contribution in [0, 0.1) is 0 Å². The zero-order valence-electron chi connectivity index (χ0n) is 18.6. The first-order chi connectivity index (χ1) is 15.4. The Morgan fingerprint density at radius 2 is 1.84 bits per heavy atom. The number of carbonyl (C=O) groups is 1. The van der Waals surface area contributed by atoms with E-state index in [9.17, 15) is 9.90 Å². The number of methoxy groups -OCH3 is 3. The minimum atomic E-state index is -0.441. The van der Waals surface area contributed by atoms with E-state index in [2.05, 4.69) is 15.2 Å². The Labute approximate surface area is 190 Å². The molecule has 0 aliphatic carbocycles. The van der Waals surface area contributed by atoms with Crippen molar-refractivity contribution in [3.05, 3.63) is 23.9 Å². The molecule has 0 saturated carbocycles. The largest absolute Gasteiger partial charge is 0.861 e. The van der Waals surface area contributed by atoms with Crippen LogP contribution in [0.25, 0.3) is 0 Å². The molecule has 1 fully saturated rings. The highest BCUT2D eigenvalue weighted by atomic mass is 32.2. The molecular formula is C20H27N5O6S. The summed E-state index contributed by atoms with van der Waals surface area (Å²) in [6.45, 7) is 5.18. The number of benzene rings is 1. The number of hydrogen-bond donors (Lipinski definition) is 0. The minimum Gasteiger partial charge on any atom is -0.861 e. The van der Waals surface area contributed by atoms with Crippen molar-refractivity contribution in [2.24, 2.45) is 4.99 Å². The first-order valence-corrected chi connectivity index (χ1v) is 10.9. The van der Waals surface area contributed by atoms with Gasteiger partial charge in [0.2, 0.25) is 11.0 Å². The van der Waals surface area contributed by atoms with E-state index in [1.807, 2.05) is 17.1 Å². The molecule has 2 aromatic rings. The van der Waals surface area contributed by atoms with Gasteiger partial charge in [0.25, 0.3) is 6.20 Å². The second kappa shape index (κ2) is 11.0. The number of aromatic nitrogens is 2. The van der Waals surface area contributed by atoms with Crippen LogP contribution in [0.4, 0.5) is 5.88 Å². The summed E-state index contributed by atoms with van der Waals surface area (Å²) < 4.78 is 21.4. The molecule has 1 aliphatic heterocycles. The van der Waals surface area contributed by atoms with Gasteiger partial charge < -0.3 is 19.3 Å². The van der Waals surface area contributed by atoms with Gasteiger partial charge in [0.1, 0.15) is 0 Å². The lowest BCUT2D eigenvalue weighted by atomic mass is 10.1. The number of ether oxygens (including phenoxy) is 3. The van der Waals surface area contributed by atoms with Gasteiger partial charge in [-0.2, -0.15) is 5.01 Å². The highest BCUT2D eigenvalue weighted by Gasteiger charge is 2.26. The molecule has 174 valence electrons. The monoisotopic (exact) mass is 465 g/mol. The first kappa shape index (κ1) is 23.7. The summed E-state index contributed by atoms with van der Waals surface area (Å²) in [7, 11) is 4.79. The van der Waals surface area contributed by atoms with Gasteiger partial charge in [-0.05, 0) is 23.6 Å². The van der Waals surface area contributed by atoms with Crippen LogP contribution < -0.4 is 29.1 Å². The van der Waals surface area contributed by atoms with Crippen LogP contribution in [-0.4, -0.2) is 74.4 Å². The molecule has 1 aliphatic rings. The molecule has 32 heavy (non-hydrogen) atoms. The predicted octanol–water partition coefficient (Wildman–Crippen LogP) is 0.112. The zero-order chi connectivity index (χ0) is 23.1. The summed E-state index contributed by atoms with van der Waals surface area (Å²) >= 11 is 0.911. The molecule has 3 rings (SSSR count). The van der Waals surface area contributed by atoms with E-state index < -0.39 is 5.90 Å². The molecule has 0 amide bonds. The summed E-state index contributed by atoms with van der Waals surface area (Å²) in [5.74, 6) is 1.49. The molecule has 0 spiro atoms. The lowest BCUT2D eigenvalue weighted by Gasteiger charge is -2.30. The third kappa shape index (κ3) is 6.04. The van der Waals surface area contributed by atoms with Crippen LogP contribution in [0.15, 0.2) is 27.8 Å². The van der Waals surface area contributed by atoms with Crippen molar-refractivity contribution in [2.45, 2.75) is 13.5 Å². The third-order valence-corrected chi connectivity index (χ3v) is 5.64. The molecule has 12 heteroatoms. The molecule has 0 bridgehead atoms. The maximum absolute atomic E-state index is 11.8. The SMILES string of the molecule is COc1cc(CN2CCN([n+]3cc(N=C([O-])CSC(C)=O)on3)CC2)cc(OC)c1OC. The van der Waals surface area contributed by atoms with Gasteiger partial charge in [-0.25, -0.2) is 4.99 Å². The van der Waals surface area contributed by atoms with Crippen LogP contribution in [0.2, 0.25) is 0 Å². The molecule has 0 N–H and O–H groups in total. The maximum Gasteiger partial charge on any atom is 0.324 e. The van der Waals surface area contributed by atoms with Crippen LogP contribution in [0.5, 0.6) is 17.2 Å². The van der Waals surface area contributed by atoms with Gasteiger partial charge >= 0.3 is 5.88 Å². The number of piperazine rings is 1. The zero-order valence-corrected chi connectivity index (χ0v) is 19.4. The van der Waals surface area contributed by atoms with Gasteiger partial charge in [-0.15, -0.1) is 0 Å². The fourth-order valence-electron chi connectivity index (χ4n) is 3.32. The molecule has 0 radical (unpaired) electrons. The number of thioether (sulfide) groups is 1. The van der Waals surface area contributed by atoms with Crippen molar-refractivity contribution in [1.82, 2.24) is 10.2 Å². The molecule has 0 atom stereocenters. The van der Waals surface area contributed by atoms with E-state index in [1.54, 1.807) is 32.3 Å². The predicted molar refractivity (Wildman–Crippen MR) is 116 cm³/mol. The highest BCUT2D eigenvalue weighted by molar-refractivity contribution is 8.14. The van der Waals surface area contributed by atoms with Gasteiger partial charge in [-0.3, -0.25) is 14.2 Å². The summed E-state index contributed by atoms with van der Waals surface area (Å²) in [6.07, 6.45) is 1.56. The van der Waals surface area contributed by atoms with Gasteiger partial charge in [-0.1, -0.05) is 11.8 Å². The van der Waals surface area contributed by atoms with E-state index >= 15 is 0 Å². The fourth-order valence-corrected chi connectivity index (χ4v) is 3.71. The number of aliphatic imine (C=N–C) groups is 1. The summed E-state index contributed by atoms with van der Waals surface area (Å²) in [4.78, 5) is 18.6. The molecule has 1 aromatic carbocycles. The number of carbonyl (C=O) groups excluding carboxylic acids is 1. The van der Waals surface area contributed by atoms with E-state index in [0.29, 0.717) is 17.2 Å². The summed E-state index contributed by atoms with van der Waals surface area (Å²) in [5, 5.41) is 17.6. The number of hydrogen-bond acceptors (Lipinski definition) is 11. The average molecular weight is 466 g/mol. The Kier molecular flexibility index (Phi) is 8.17. The van der Waals surface area contributed by atoms with E-state index in [1.165, 1.54) is 6.92 Å². The van der Waals surface area contributed by atoms with E-state index in [-0.39, 0.29) is 16.8 Å². The summed E-state index contributed by atoms with van der Waals surface area (Å²) in [5.41, 5.74) is 1.06. The van der Waals surface area contributed by atoms with Gasteiger partial charge in [0.05, 0.1) is 39.2 Å². The van der Waals surface area contributed by atoms with Crippen molar-refractivity contribution in [3.8, 4) is 17.2 Å². The van der Waals surface area contributed by atoms with E-state index in [0.717, 1.165) is 50.0 Å². The minimum absolute atomic E-state index is 0.0182. The Hall–Kier alpha value is -2.99. The second-order valence-electron chi connectivity index (χ2n) is 7.01. The maximum atomic E-state index is 11.8. The average Bonchev–Trinajstić information content (AvgIpc) is 3.25. The Bertz CT molecular complexity index is 933. The third-order valence-electron chi connectivity index (χ3n) is 4.85. The highest BCUT2D eigenvalue weighted by Crippen LogP contribution is 2.38. The number of rotatable bonds is 9. The molecule has 1 aromatic heterocycles. The molecule has 1 saturated heterocycles. The van der Waals surface area contributed by atoms with Crippen LogP contribution in [0.1, 0.15) is 12.5 Å². The Balaban J connectivity index is 1.57. The first-order valence-electron chi connectivity index (χ1n) is 9.96. The number of nitrogens with zero attached hydrogens (tertiary/aromatic N) is 5. The molecular weight excluding hydrogens is 438 g/mol. The Morgan fingerprint density at radius 3 is 2.41 bits per heavy atom. The second-order valence-corrected chi connectivity index (χ2v) is 8.16. The van der Waals surface area contributed by atoms with Crippen LogP contribution in [0.3, 0.4) is 0 Å². The normalized spacial score (nSPS) is 15.0. The van der Waals surface area contributed by atoms with Crippen molar-refractivity contribution in [1.29, 1.82) is 0 Å². The van der Waals surface area contributed by atoms with Crippen LogP contribution in [-0.2, 0) is 11.3 Å². The van der Waals surface area contributed by atoms with Crippen molar-refractivity contribution < 1.29 is 33.4 Å². The van der Waals surface area contributed by atoms with Crippen molar-refractivity contribution in [2.75, 3.05) is 58.3 Å². The van der Waals surface area contributed by atoms with Crippen molar-refractivity contribution in [3.63, 3.8) is 0 Å². The quantitative estimate of drug-likeness (QED) is 0.287. The lowest BCUT2D eigenvalue weighted by Crippen LogP contribution is -2.65. The van der Waals surface area contributed by atoms with Gasteiger partial charge in [0.15, 0.2) is 16.6 Å². The van der Waals surface area contributed by atoms with E-state index in [4.69, 9.17) is 18.7 Å². The topological polar surface area (TPSA) is 117 Å². The van der Waals surface area contributed by atoms with Crippen LogP contribution >= 0.6 is 11.8 Å². The fraction of sp³-hybridized carbons (Fsp3) is 0.500. The smallest absolute Gasteiger partial charge is 0.324 e. The molecule has 2 heterocycles. The molecule has 11 nitrogen and oxygen atoms in total. The summed E-state index contributed by atoms with van der Waals surface area (Å²) in [6, 6.07) is 3.91. The molecule has 0 unspecified atom stereocenters.